The summed E-state index contributed by atoms with van der Waals surface area (Å²) in [5.74, 6) is -0.728. The van der Waals surface area contributed by atoms with E-state index in [0.717, 1.165) is 6.42 Å². The van der Waals surface area contributed by atoms with Crippen LogP contribution in [-0.2, 0) is 0 Å². The normalized spacial score (nSPS) is 23.1. The lowest BCUT2D eigenvalue weighted by Gasteiger charge is -2.29. The van der Waals surface area contributed by atoms with Crippen LogP contribution < -0.4 is 5.32 Å². The van der Waals surface area contributed by atoms with Gasteiger partial charge >= 0.3 is 5.97 Å². The van der Waals surface area contributed by atoms with E-state index in [1.54, 1.807) is 6.07 Å². The van der Waals surface area contributed by atoms with Gasteiger partial charge in [0.1, 0.15) is 11.4 Å². The first-order valence-electron chi connectivity index (χ1n) is 6.85. The number of anilines is 1. The van der Waals surface area contributed by atoms with Crippen molar-refractivity contribution >= 4 is 11.7 Å². The van der Waals surface area contributed by atoms with Gasteiger partial charge in [-0.1, -0.05) is 32.3 Å². The van der Waals surface area contributed by atoms with Gasteiger partial charge in [-0.2, -0.15) is 0 Å². The summed E-state index contributed by atoms with van der Waals surface area (Å²) in [5.41, 5.74) is 0.122. The number of halogens is 1. The maximum atomic E-state index is 13.5. The van der Waals surface area contributed by atoms with Gasteiger partial charge in [0.25, 0.3) is 0 Å². The van der Waals surface area contributed by atoms with Crippen molar-refractivity contribution in [1.29, 1.82) is 0 Å². The van der Waals surface area contributed by atoms with Crippen molar-refractivity contribution in [2.75, 3.05) is 11.9 Å². The lowest BCUT2D eigenvalue weighted by Crippen LogP contribution is -2.25. The van der Waals surface area contributed by atoms with Crippen molar-refractivity contribution in [2.45, 2.75) is 32.6 Å². The third-order valence-corrected chi connectivity index (χ3v) is 4.07. The average molecular weight is 265 g/mol. The minimum atomic E-state index is -1.22. The second-order valence-corrected chi connectivity index (χ2v) is 5.37. The molecule has 0 aromatic heterocycles. The summed E-state index contributed by atoms with van der Waals surface area (Å²) in [4.78, 5) is 11.1. The highest BCUT2D eigenvalue weighted by Gasteiger charge is 2.22. The molecule has 0 bridgehead atoms. The summed E-state index contributed by atoms with van der Waals surface area (Å²) in [5, 5.41) is 12.2. The highest BCUT2D eigenvalue weighted by atomic mass is 19.1. The molecule has 2 unspecified atom stereocenters. The Morgan fingerprint density at radius 2 is 2.16 bits per heavy atom. The van der Waals surface area contributed by atoms with Crippen molar-refractivity contribution in [3.63, 3.8) is 0 Å². The molecule has 0 radical (unpaired) electrons. The molecule has 1 saturated carbocycles. The predicted molar refractivity (Wildman–Crippen MR) is 73.0 cm³/mol. The minimum Gasteiger partial charge on any atom is -0.478 e. The first kappa shape index (κ1) is 13.8. The Morgan fingerprint density at radius 1 is 1.42 bits per heavy atom. The van der Waals surface area contributed by atoms with Crippen LogP contribution in [0.4, 0.5) is 10.1 Å². The highest BCUT2D eigenvalue weighted by Crippen LogP contribution is 2.30. The fourth-order valence-electron chi connectivity index (χ4n) is 2.83. The Kier molecular flexibility index (Phi) is 4.40. The lowest BCUT2D eigenvalue weighted by atomic mass is 9.80. The van der Waals surface area contributed by atoms with Gasteiger partial charge < -0.3 is 10.4 Å². The molecule has 2 atom stereocenters. The third kappa shape index (κ3) is 3.25. The summed E-state index contributed by atoms with van der Waals surface area (Å²) in [7, 11) is 0. The number of hydrogen-bond donors (Lipinski definition) is 2. The second-order valence-electron chi connectivity index (χ2n) is 5.37. The molecule has 0 spiro atoms. The van der Waals surface area contributed by atoms with Gasteiger partial charge in [-0.25, -0.2) is 9.18 Å². The molecule has 2 rings (SSSR count). The number of hydrogen-bond acceptors (Lipinski definition) is 2. The summed E-state index contributed by atoms with van der Waals surface area (Å²) < 4.78 is 13.5. The number of benzene rings is 1. The van der Waals surface area contributed by atoms with Crippen LogP contribution in [0.5, 0.6) is 0 Å². The van der Waals surface area contributed by atoms with Crippen LogP contribution in [-0.4, -0.2) is 17.6 Å². The van der Waals surface area contributed by atoms with E-state index < -0.39 is 11.8 Å². The molecule has 19 heavy (non-hydrogen) atoms. The molecule has 0 heterocycles. The number of carbonyl (C=O) groups is 1. The van der Waals surface area contributed by atoms with Gasteiger partial charge in [0.2, 0.25) is 0 Å². The number of nitrogens with one attached hydrogen (secondary N) is 1. The van der Waals surface area contributed by atoms with Crippen LogP contribution in [0.15, 0.2) is 18.2 Å². The molecule has 0 aliphatic heterocycles. The molecule has 1 fully saturated rings. The van der Waals surface area contributed by atoms with E-state index >= 15 is 0 Å². The van der Waals surface area contributed by atoms with Crippen LogP contribution in [0.3, 0.4) is 0 Å². The second kappa shape index (κ2) is 6.04. The van der Waals surface area contributed by atoms with Gasteiger partial charge in [-0.15, -0.1) is 0 Å². The summed E-state index contributed by atoms with van der Waals surface area (Å²) in [6.45, 7) is 2.94. The Morgan fingerprint density at radius 3 is 2.84 bits per heavy atom. The summed E-state index contributed by atoms with van der Waals surface area (Å²) in [6, 6.07) is 4.34. The number of aromatic carboxylic acids is 1. The topological polar surface area (TPSA) is 49.3 Å². The van der Waals surface area contributed by atoms with Crippen molar-refractivity contribution in [2.24, 2.45) is 11.8 Å². The fraction of sp³-hybridized carbons (Fsp3) is 0.533. The average Bonchev–Trinajstić information content (AvgIpc) is 2.37. The predicted octanol–water partition coefficient (Wildman–Crippen LogP) is 3.76. The Hall–Kier alpha value is -1.58. The minimum absolute atomic E-state index is 0.258. The molecule has 0 saturated heterocycles. The Bertz CT molecular complexity index is 461. The van der Waals surface area contributed by atoms with E-state index in [1.807, 2.05) is 0 Å². The number of rotatable bonds is 4. The highest BCUT2D eigenvalue weighted by molar-refractivity contribution is 5.94. The summed E-state index contributed by atoms with van der Waals surface area (Å²) in [6.07, 6.45) is 4.89. The summed E-state index contributed by atoms with van der Waals surface area (Å²) >= 11 is 0. The zero-order chi connectivity index (χ0) is 13.8. The van der Waals surface area contributed by atoms with E-state index in [0.29, 0.717) is 24.1 Å². The molecule has 1 aromatic rings. The van der Waals surface area contributed by atoms with Crippen LogP contribution >= 0.6 is 0 Å². The fourth-order valence-corrected chi connectivity index (χ4v) is 2.83. The quantitative estimate of drug-likeness (QED) is 0.871. The molecular formula is C15H20FNO2. The van der Waals surface area contributed by atoms with E-state index in [-0.39, 0.29) is 5.56 Å². The van der Waals surface area contributed by atoms with Crippen molar-refractivity contribution in [3.05, 3.63) is 29.6 Å². The first-order valence-corrected chi connectivity index (χ1v) is 6.85. The van der Waals surface area contributed by atoms with Crippen molar-refractivity contribution in [1.82, 2.24) is 0 Å². The van der Waals surface area contributed by atoms with Gasteiger partial charge in [-0.05, 0) is 30.4 Å². The maximum Gasteiger partial charge on any atom is 0.340 e. The zero-order valence-electron chi connectivity index (χ0n) is 11.2. The molecule has 1 aromatic carbocycles. The van der Waals surface area contributed by atoms with Gasteiger partial charge in [0.05, 0.1) is 5.69 Å². The van der Waals surface area contributed by atoms with E-state index in [4.69, 9.17) is 5.11 Å². The molecular weight excluding hydrogens is 245 g/mol. The van der Waals surface area contributed by atoms with Crippen molar-refractivity contribution < 1.29 is 14.3 Å². The molecule has 0 amide bonds. The Labute approximate surface area is 112 Å². The number of carboxylic acids is 1. The van der Waals surface area contributed by atoms with E-state index in [9.17, 15) is 9.18 Å². The standard InChI is InChI=1S/C15H20FNO2/c1-10-5-2-3-6-11(10)9-17-13-8-4-7-12(16)14(13)15(18)19/h4,7-8,10-11,17H,2-3,5-6,9H2,1H3,(H,18,19). The third-order valence-electron chi connectivity index (χ3n) is 4.07. The van der Waals surface area contributed by atoms with E-state index in [2.05, 4.69) is 12.2 Å². The van der Waals surface area contributed by atoms with E-state index in [1.165, 1.54) is 31.4 Å². The largest absolute Gasteiger partial charge is 0.478 e. The smallest absolute Gasteiger partial charge is 0.340 e. The first-order chi connectivity index (χ1) is 9.09. The maximum absolute atomic E-state index is 13.5. The van der Waals surface area contributed by atoms with Gasteiger partial charge in [0, 0.05) is 6.54 Å². The molecule has 3 nitrogen and oxygen atoms in total. The molecule has 4 heteroatoms. The molecule has 1 aliphatic carbocycles. The lowest BCUT2D eigenvalue weighted by molar-refractivity contribution is 0.0693. The molecule has 1 aliphatic rings. The Balaban J connectivity index is 2.07. The SMILES string of the molecule is CC1CCCCC1CNc1cccc(F)c1C(=O)O. The van der Waals surface area contributed by atoms with Gasteiger partial charge in [-0.3, -0.25) is 0 Å². The van der Waals surface area contributed by atoms with Crippen LogP contribution in [0.2, 0.25) is 0 Å². The van der Waals surface area contributed by atoms with Crippen LogP contribution in [0.1, 0.15) is 43.0 Å². The van der Waals surface area contributed by atoms with Crippen molar-refractivity contribution in [3.8, 4) is 0 Å². The number of carboxylic acid groups (broad SMARTS) is 1. The van der Waals surface area contributed by atoms with Gasteiger partial charge in [0.15, 0.2) is 0 Å². The van der Waals surface area contributed by atoms with Crippen LogP contribution in [0, 0.1) is 17.7 Å². The molecule has 104 valence electrons. The molecule has 2 N–H and O–H groups in total. The van der Waals surface area contributed by atoms with Crippen LogP contribution in [0.25, 0.3) is 0 Å². The monoisotopic (exact) mass is 265 g/mol. The zero-order valence-corrected chi connectivity index (χ0v) is 11.2.